The zero-order valence-electron chi connectivity index (χ0n) is 18.6. The van der Waals surface area contributed by atoms with Crippen LogP contribution in [0.5, 0.6) is 0 Å². The van der Waals surface area contributed by atoms with Crippen LogP contribution < -0.4 is 22.1 Å². The van der Waals surface area contributed by atoms with Crippen LogP contribution in [0.1, 0.15) is 42.5 Å². The molecule has 0 saturated heterocycles. The zero-order valence-corrected chi connectivity index (χ0v) is 18.6. The number of rotatable bonds is 7. The van der Waals surface area contributed by atoms with Crippen molar-refractivity contribution in [3.63, 3.8) is 0 Å². The molecule has 0 bridgehead atoms. The van der Waals surface area contributed by atoms with Gasteiger partial charge in [0.25, 0.3) is 11.8 Å². The standard InChI is InChI=1S/C24H19N7O5/c25-21(32)15-3-1-2-13(8-15)11-27-23(34)18-10-17(29-20-6-7-28-31(18)20)22(33)26-12-14-4-5-19-16(9-14)30-24(35)36-19/h1-10H,11-12H2,(H2,25,32)(H,26,33)(H,27,34)(H,30,35). The van der Waals surface area contributed by atoms with Crippen LogP contribution in [0, 0.1) is 0 Å². The molecule has 0 atom stereocenters. The molecule has 0 unspecified atom stereocenters. The summed E-state index contributed by atoms with van der Waals surface area (Å²) in [5.41, 5.74) is 8.45. The lowest BCUT2D eigenvalue weighted by atomic mass is 10.1. The van der Waals surface area contributed by atoms with Crippen LogP contribution in [0.25, 0.3) is 16.7 Å². The highest BCUT2D eigenvalue weighted by molar-refractivity contribution is 5.98. The third-order valence-electron chi connectivity index (χ3n) is 5.43. The molecule has 5 N–H and O–H groups in total. The molecule has 36 heavy (non-hydrogen) atoms. The number of aromatic amines is 1. The predicted molar refractivity (Wildman–Crippen MR) is 127 cm³/mol. The van der Waals surface area contributed by atoms with Gasteiger partial charge in [0.05, 0.1) is 11.7 Å². The smallest absolute Gasteiger partial charge is 0.408 e. The third-order valence-corrected chi connectivity index (χ3v) is 5.43. The van der Waals surface area contributed by atoms with E-state index in [2.05, 4.69) is 25.7 Å². The van der Waals surface area contributed by atoms with E-state index >= 15 is 0 Å². The van der Waals surface area contributed by atoms with Crippen LogP contribution in [0.2, 0.25) is 0 Å². The molecule has 3 amide bonds. The van der Waals surface area contributed by atoms with Crippen LogP contribution in [0.4, 0.5) is 0 Å². The molecule has 2 aromatic carbocycles. The first-order valence-electron chi connectivity index (χ1n) is 10.8. The Kier molecular flexibility index (Phi) is 5.74. The first-order chi connectivity index (χ1) is 17.4. The summed E-state index contributed by atoms with van der Waals surface area (Å²) in [5, 5.41) is 9.63. The number of primary amides is 1. The van der Waals surface area contributed by atoms with E-state index in [1.807, 2.05) is 0 Å². The Hall–Kier alpha value is -5.26. The van der Waals surface area contributed by atoms with Crippen molar-refractivity contribution >= 4 is 34.5 Å². The monoisotopic (exact) mass is 485 g/mol. The zero-order chi connectivity index (χ0) is 25.2. The van der Waals surface area contributed by atoms with Crippen LogP contribution in [-0.4, -0.2) is 37.3 Å². The molecule has 0 aliphatic rings. The van der Waals surface area contributed by atoms with Crippen LogP contribution in [0.3, 0.4) is 0 Å². The summed E-state index contributed by atoms with van der Waals surface area (Å²) in [7, 11) is 0. The molecule has 3 aromatic heterocycles. The fourth-order valence-corrected chi connectivity index (χ4v) is 3.68. The number of carbonyl (C=O) groups excluding carboxylic acids is 3. The van der Waals surface area contributed by atoms with Crippen molar-refractivity contribution in [3.8, 4) is 0 Å². The largest absolute Gasteiger partial charge is 0.417 e. The van der Waals surface area contributed by atoms with Gasteiger partial charge in [-0.2, -0.15) is 5.10 Å². The van der Waals surface area contributed by atoms with E-state index in [4.69, 9.17) is 10.2 Å². The maximum atomic E-state index is 13.0. The molecule has 3 heterocycles. The van der Waals surface area contributed by atoms with E-state index in [0.717, 1.165) is 5.56 Å². The summed E-state index contributed by atoms with van der Waals surface area (Å²) in [5.74, 6) is -2.11. The Bertz CT molecular complexity index is 1700. The maximum absolute atomic E-state index is 13.0. The molecule has 0 saturated carbocycles. The van der Waals surface area contributed by atoms with Gasteiger partial charge in [-0.1, -0.05) is 18.2 Å². The molecule has 12 nitrogen and oxygen atoms in total. The van der Waals surface area contributed by atoms with E-state index < -0.39 is 23.5 Å². The number of carbonyl (C=O) groups is 3. The second kappa shape index (κ2) is 9.18. The van der Waals surface area contributed by atoms with Gasteiger partial charge in [0.1, 0.15) is 11.4 Å². The molecular weight excluding hydrogens is 466 g/mol. The van der Waals surface area contributed by atoms with Gasteiger partial charge in [0.15, 0.2) is 11.2 Å². The minimum absolute atomic E-state index is 0.0293. The second-order valence-corrected chi connectivity index (χ2v) is 7.90. The lowest BCUT2D eigenvalue weighted by Gasteiger charge is -2.10. The number of nitrogens with two attached hydrogens (primary N) is 1. The number of amides is 3. The van der Waals surface area contributed by atoms with Crippen LogP contribution in [0.15, 0.2) is 70.0 Å². The van der Waals surface area contributed by atoms with E-state index in [9.17, 15) is 19.2 Å². The fourth-order valence-electron chi connectivity index (χ4n) is 3.68. The topological polar surface area (TPSA) is 177 Å². The van der Waals surface area contributed by atoms with E-state index in [0.29, 0.717) is 27.9 Å². The Morgan fingerprint density at radius 3 is 2.56 bits per heavy atom. The number of nitrogens with one attached hydrogen (secondary N) is 3. The molecule has 180 valence electrons. The summed E-state index contributed by atoms with van der Waals surface area (Å²) in [6, 6.07) is 14.6. The normalized spacial score (nSPS) is 11.0. The summed E-state index contributed by atoms with van der Waals surface area (Å²) in [4.78, 5) is 55.4. The van der Waals surface area contributed by atoms with E-state index in [1.165, 1.54) is 16.8 Å². The summed E-state index contributed by atoms with van der Waals surface area (Å²) in [6.45, 7) is 0.289. The van der Waals surface area contributed by atoms with Crippen molar-refractivity contribution in [1.29, 1.82) is 0 Å². The van der Waals surface area contributed by atoms with Crippen molar-refractivity contribution in [2.75, 3.05) is 0 Å². The average Bonchev–Trinajstić information content (AvgIpc) is 3.50. The van der Waals surface area contributed by atoms with Gasteiger partial charge in [0.2, 0.25) is 5.91 Å². The SMILES string of the molecule is NC(=O)c1cccc(CNC(=O)c2cc(C(=O)NCc3ccc4oc(=O)[nH]c4c3)nc3ccnn23)c1. The van der Waals surface area contributed by atoms with Gasteiger partial charge in [-0.15, -0.1) is 0 Å². The molecule has 0 fully saturated rings. The van der Waals surface area contributed by atoms with Crippen LogP contribution in [-0.2, 0) is 13.1 Å². The quantitative estimate of drug-likeness (QED) is 0.267. The Morgan fingerprint density at radius 2 is 1.75 bits per heavy atom. The number of hydrogen-bond donors (Lipinski definition) is 4. The number of fused-ring (bicyclic) bond motifs is 2. The number of aromatic nitrogens is 4. The second-order valence-electron chi connectivity index (χ2n) is 7.90. The molecular formula is C24H19N7O5. The van der Waals surface area contributed by atoms with Crippen molar-refractivity contribution < 1.29 is 18.8 Å². The minimum atomic E-state index is -0.566. The summed E-state index contributed by atoms with van der Waals surface area (Å²) >= 11 is 0. The molecule has 5 aromatic rings. The van der Waals surface area contributed by atoms with Crippen molar-refractivity contribution in [3.05, 3.63) is 99.4 Å². The highest BCUT2D eigenvalue weighted by atomic mass is 16.4. The summed E-state index contributed by atoms with van der Waals surface area (Å²) in [6.07, 6.45) is 1.47. The van der Waals surface area contributed by atoms with Gasteiger partial charge >= 0.3 is 5.76 Å². The third kappa shape index (κ3) is 4.55. The Morgan fingerprint density at radius 1 is 0.972 bits per heavy atom. The van der Waals surface area contributed by atoms with Gasteiger partial charge < -0.3 is 20.8 Å². The first-order valence-corrected chi connectivity index (χ1v) is 10.8. The maximum Gasteiger partial charge on any atom is 0.417 e. The highest BCUT2D eigenvalue weighted by Gasteiger charge is 2.18. The van der Waals surface area contributed by atoms with E-state index in [-0.39, 0.29) is 24.5 Å². The molecule has 12 heteroatoms. The molecule has 0 spiro atoms. The number of benzene rings is 2. The van der Waals surface area contributed by atoms with Gasteiger partial charge in [-0.05, 0) is 35.4 Å². The molecule has 0 aliphatic heterocycles. The van der Waals surface area contributed by atoms with Gasteiger partial charge in [-0.3, -0.25) is 19.4 Å². The lowest BCUT2D eigenvalue weighted by Crippen LogP contribution is -2.28. The van der Waals surface area contributed by atoms with Crippen molar-refractivity contribution in [2.24, 2.45) is 5.73 Å². The molecule has 5 rings (SSSR count). The Labute approximate surface area is 202 Å². The molecule has 0 aliphatic carbocycles. The Balaban J connectivity index is 1.33. The number of H-pyrrole nitrogens is 1. The fraction of sp³-hybridized carbons (Fsp3) is 0.0833. The number of hydrogen-bond acceptors (Lipinski definition) is 7. The van der Waals surface area contributed by atoms with Crippen LogP contribution >= 0.6 is 0 Å². The highest BCUT2D eigenvalue weighted by Crippen LogP contribution is 2.13. The minimum Gasteiger partial charge on any atom is -0.408 e. The predicted octanol–water partition coefficient (Wildman–Crippen LogP) is 1.12. The average molecular weight is 485 g/mol. The van der Waals surface area contributed by atoms with Gasteiger partial charge in [0, 0.05) is 30.8 Å². The van der Waals surface area contributed by atoms with Crippen molar-refractivity contribution in [1.82, 2.24) is 30.2 Å². The summed E-state index contributed by atoms with van der Waals surface area (Å²) < 4.78 is 6.30. The van der Waals surface area contributed by atoms with Crippen molar-refractivity contribution in [2.45, 2.75) is 13.1 Å². The first kappa shape index (κ1) is 22.5. The number of nitrogens with zero attached hydrogens (tertiary/aromatic N) is 3. The van der Waals surface area contributed by atoms with E-state index in [1.54, 1.807) is 48.5 Å². The lowest BCUT2D eigenvalue weighted by molar-refractivity contribution is 0.0941. The number of oxazole rings is 1. The van der Waals surface area contributed by atoms with Gasteiger partial charge in [-0.25, -0.2) is 14.3 Å². The molecule has 0 radical (unpaired) electrons.